The minimum Gasteiger partial charge on any atom is -0.384 e. The van der Waals surface area contributed by atoms with Gasteiger partial charge in [0, 0.05) is 54.1 Å². The number of ether oxygens (including phenoxy) is 1. The number of nitrogen functional groups attached to an aromatic ring is 1. The Bertz CT molecular complexity index is 1210. The molecule has 0 spiro atoms. The summed E-state index contributed by atoms with van der Waals surface area (Å²) in [5, 5.41) is 9.24. The van der Waals surface area contributed by atoms with Gasteiger partial charge in [-0.15, -0.1) is 0 Å². The van der Waals surface area contributed by atoms with Crippen LogP contribution in [0, 0.1) is 6.92 Å². The quantitative estimate of drug-likeness (QED) is 0.541. The van der Waals surface area contributed by atoms with Crippen LogP contribution in [0.25, 0.3) is 27.7 Å². The van der Waals surface area contributed by atoms with E-state index in [2.05, 4.69) is 47.4 Å². The molecule has 1 atom stereocenters. The third kappa shape index (κ3) is 3.51. The van der Waals surface area contributed by atoms with E-state index in [9.17, 15) is 0 Å². The normalized spacial score (nSPS) is 16.3. The second kappa shape index (κ2) is 7.66. The van der Waals surface area contributed by atoms with E-state index in [1.165, 1.54) is 5.56 Å². The summed E-state index contributed by atoms with van der Waals surface area (Å²) >= 11 is 0. The van der Waals surface area contributed by atoms with E-state index in [1.807, 2.05) is 24.5 Å². The lowest BCUT2D eigenvalue weighted by Gasteiger charge is -2.26. The van der Waals surface area contributed by atoms with Crippen molar-refractivity contribution in [3.63, 3.8) is 0 Å². The summed E-state index contributed by atoms with van der Waals surface area (Å²) in [7, 11) is 0. The highest BCUT2D eigenvalue weighted by molar-refractivity contribution is 5.87. The molecular weight excluding hydrogens is 376 g/mol. The number of pyridine rings is 1. The van der Waals surface area contributed by atoms with Gasteiger partial charge < -0.3 is 15.8 Å². The van der Waals surface area contributed by atoms with E-state index >= 15 is 0 Å². The number of hydrogen-bond acceptors (Lipinski definition) is 6. The summed E-state index contributed by atoms with van der Waals surface area (Å²) in [6.07, 6.45) is 5.73. The van der Waals surface area contributed by atoms with Crippen LogP contribution in [0.4, 0.5) is 5.82 Å². The maximum atomic E-state index is 6.33. The van der Waals surface area contributed by atoms with E-state index in [1.54, 1.807) is 4.52 Å². The molecule has 1 unspecified atom stereocenters. The fraction of sp³-hybridized carbons (Fsp3) is 0.348. The highest BCUT2D eigenvalue weighted by atomic mass is 16.5. The van der Waals surface area contributed by atoms with Gasteiger partial charge in [0.15, 0.2) is 5.65 Å². The van der Waals surface area contributed by atoms with Crippen LogP contribution in [0.3, 0.4) is 0 Å². The number of nitrogens with one attached hydrogen (secondary N) is 1. The van der Waals surface area contributed by atoms with Crippen LogP contribution in [0.15, 0.2) is 42.7 Å². The van der Waals surface area contributed by atoms with E-state index in [-0.39, 0.29) is 6.04 Å². The smallest absolute Gasteiger partial charge is 0.165 e. The van der Waals surface area contributed by atoms with E-state index in [0.29, 0.717) is 11.9 Å². The molecule has 1 aromatic carbocycles. The second-order valence-corrected chi connectivity index (χ2v) is 8.09. The molecule has 4 heterocycles. The minimum atomic E-state index is 0.0838. The average molecular weight is 403 g/mol. The number of aromatic nitrogens is 4. The molecular formula is C23H26N6O. The van der Waals surface area contributed by atoms with E-state index in [4.69, 9.17) is 15.5 Å². The van der Waals surface area contributed by atoms with Gasteiger partial charge in [-0.25, -0.2) is 4.98 Å². The highest BCUT2D eigenvalue weighted by Gasteiger charge is 2.20. The lowest BCUT2D eigenvalue weighted by Crippen LogP contribution is -2.36. The molecule has 1 fully saturated rings. The maximum absolute atomic E-state index is 6.33. The number of aryl methyl sites for hydroxylation is 1. The zero-order valence-corrected chi connectivity index (χ0v) is 17.3. The van der Waals surface area contributed by atoms with Crippen molar-refractivity contribution in [2.75, 3.05) is 18.9 Å². The highest BCUT2D eigenvalue weighted by Crippen LogP contribution is 2.28. The topological polar surface area (TPSA) is 90.4 Å². The summed E-state index contributed by atoms with van der Waals surface area (Å²) in [5.41, 5.74) is 12.1. The molecule has 30 heavy (non-hydrogen) atoms. The van der Waals surface area contributed by atoms with Crippen molar-refractivity contribution >= 4 is 22.4 Å². The number of nitrogens with zero attached hydrogens (tertiary/aromatic N) is 4. The molecule has 0 aliphatic carbocycles. The summed E-state index contributed by atoms with van der Waals surface area (Å²) in [4.78, 5) is 9.56. The molecule has 0 radical (unpaired) electrons. The van der Waals surface area contributed by atoms with Crippen molar-refractivity contribution < 1.29 is 4.74 Å². The van der Waals surface area contributed by atoms with Crippen LogP contribution in [0.1, 0.15) is 37.1 Å². The van der Waals surface area contributed by atoms with Gasteiger partial charge in [0.2, 0.25) is 0 Å². The zero-order valence-electron chi connectivity index (χ0n) is 17.3. The van der Waals surface area contributed by atoms with Gasteiger partial charge >= 0.3 is 0 Å². The molecule has 1 saturated heterocycles. The Morgan fingerprint density at radius 3 is 2.83 bits per heavy atom. The molecule has 7 heteroatoms. The standard InChI is InChI=1S/C23H26N6O/c1-14-3-4-20-16(9-14)10-17(12-25-20)19-13-26-29-22(24)11-21(28-23(19)29)15(2)27-18-5-7-30-8-6-18/h3-4,9-13,15,18,27H,5-8,24H2,1-2H3. The lowest BCUT2D eigenvalue weighted by atomic mass is 10.1. The van der Waals surface area contributed by atoms with Crippen molar-refractivity contribution in [3.8, 4) is 11.1 Å². The van der Waals surface area contributed by atoms with Crippen LogP contribution in [-0.4, -0.2) is 38.8 Å². The van der Waals surface area contributed by atoms with Crippen LogP contribution < -0.4 is 11.1 Å². The van der Waals surface area contributed by atoms with Gasteiger partial charge in [-0.05, 0) is 44.9 Å². The minimum absolute atomic E-state index is 0.0838. The Labute approximate surface area is 175 Å². The van der Waals surface area contributed by atoms with Gasteiger partial charge in [0.1, 0.15) is 5.82 Å². The number of hydrogen-bond donors (Lipinski definition) is 2. The first kappa shape index (κ1) is 19.0. The van der Waals surface area contributed by atoms with Crippen LogP contribution in [-0.2, 0) is 4.74 Å². The zero-order chi connectivity index (χ0) is 20.7. The average Bonchev–Trinajstić information content (AvgIpc) is 3.18. The predicted molar refractivity (Wildman–Crippen MR) is 118 cm³/mol. The number of fused-ring (bicyclic) bond motifs is 2. The Balaban J connectivity index is 1.53. The molecule has 7 nitrogen and oxygen atoms in total. The van der Waals surface area contributed by atoms with Crippen molar-refractivity contribution in [2.45, 2.75) is 38.8 Å². The third-order valence-electron chi connectivity index (χ3n) is 5.82. The van der Waals surface area contributed by atoms with Gasteiger partial charge in [-0.1, -0.05) is 11.6 Å². The van der Waals surface area contributed by atoms with Gasteiger partial charge in [0.05, 0.1) is 17.4 Å². The molecule has 0 amide bonds. The van der Waals surface area contributed by atoms with Gasteiger partial charge in [-0.3, -0.25) is 4.98 Å². The maximum Gasteiger partial charge on any atom is 0.165 e. The van der Waals surface area contributed by atoms with E-state index < -0.39 is 0 Å². The molecule has 4 aromatic rings. The molecule has 0 bridgehead atoms. The van der Waals surface area contributed by atoms with Gasteiger partial charge in [-0.2, -0.15) is 9.61 Å². The van der Waals surface area contributed by atoms with Gasteiger partial charge in [0.25, 0.3) is 0 Å². The summed E-state index contributed by atoms with van der Waals surface area (Å²) in [6.45, 7) is 5.83. The molecule has 1 aliphatic rings. The second-order valence-electron chi connectivity index (χ2n) is 8.09. The number of nitrogens with two attached hydrogens (primary N) is 1. The monoisotopic (exact) mass is 402 g/mol. The predicted octanol–water partition coefficient (Wildman–Crippen LogP) is 3.66. The summed E-state index contributed by atoms with van der Waals surface area (Å²) in [5.74, 6) is 0.575. The first-order valence-electron chi connectivity index (χ1n) is 10.4. The Morgan fingerprint density at radius 1 is 1.17 bits per heavy atom. The van der Waals surface area contributed by atoms with Crippen LogP contribution in [0.2, 0.25) is 0 Å². The van der Waals surface area contributed by atoms with Crippen molar-refractivity contribution in [1.29, 1.82) is 0 Å². The number of benzene rings is 1. The Kier molecular flexibility index (Phi) is 4.84. The Morgan fingerprint density at radius 2 is 2.00 bits per heavy atom. The molecule has 5 rings (SSSR count). The summed E-state index contributed by atoms with van der Waals surface area (Å²) < 4.78 is 7.16. The SMILES string of the molecule is Cc1ccc2ncc(-c3cnn4c(N)cc(C(C)NC5CCOCC5)nc34)cc2c1. The summed E-state index contributed by atoms with van der Waals surface area (Å²) in [6, 6.07) is 10.8. The van der Waals surface area contributed by atoms with Crippen molar-refractivity contribution in [3.05, 3.63) is 54.0 Å². The van der Waals surface area contributed by atoms with Crippen molar-refractivity contribution in [1.82, 2.24) is 24.9 Å². The lowest BCUT2D eigenvalue weighted by molar-refractivity contribution is 0.0753. The molecule has 3 N–H and O–H groups in total. The molecule has 1 aliphatic heterocycles. The molecule has 0 saturated carbocycles. The number of rotatable bonds is 4. The van der Waals surface area contributed by atoms with Crippen molar-refractivity contribution in [2.24, 2.45) is 0 Å². The first-order valence-corrected chi connectivity index (χ1v) is 10.4. The number of anilines is 1. The largest absolute Gasteiger partial charge is 0.384 e. The Hall–Kier alpha value is -3.03. The fourth-order valence-electron chi connectivity index (χ4n) is 4.13. The molecule has 154 valence electrons. The van der Waals surface area contributed by atoms with Crippen LogP contribution >= 0.6 is 0 Å². The first-order chi connectivity index (χ1) is 14.6. The third-order valence-corrected chi connectivity index (χ3v) is 5.82. The van der Waals surface area contributed by atoms with E-state index in [0.717, 1.165) is 59.4 Å². The van der Waals surface area contributed by atoms with Crippen LogP contribution in [0.5, 0.6) is 0 Å². The molecule has 3 aromatic heterocycles. The fourth-order valence-corrected chi connectivity index (χ4v) is 4.13.